The maximum atomic E-state index is 13.5. The summed E-state index contributed by atoms with van der Waals surface area (Å²) in [7, 11) is 0. The lowest BCUT2D eigenvalue weighted by molar-refractivity contribution is -0.356. The van der Waals surface area contributed by atoms with Crippen LogP contribution in [0.1, 0.15) is 58.8 Å². The van der Waals surface area contributed by atoms with Crippen molar-refractivity contribution in [2.24, 2.45) is 0 Å². The van der Waals surface area contributed by atoms with Crippen LogP contribution in [0.2, 0.25) is 0 Å². The molecule has 0 aromatic rings. The van der Waals surface area contributed by atoms with Crippen LogP contribution in [0.3, 0.4) is 0 Å². The monoisotopic (exact) mass is 436 g/mol. The molecule has 0 bridgehead atoms. The largest absolute Gasteiger partial charge is 0.459 e. The number of unbranched alkanes of at least 4 members (excludes halogenated alkanes) is 3. The summed E-state index contributed by atoms with van der Waals surface area (Å²) in [5.41, 5.74) is 0. The molecule has 0 saturated heterocycles. The van der Waals surface area contributed by atoms with Gasteiger partial charge in [0.1, 0.15) is 0 Å². The Morgan fingerprint density at radius 1 is 0.810 bits per heavy atom. The van der Waals surface area contributed by atoms with Crippen LogP contribution < -0.4 is 0 Å². The van der Waals surface area contributed by atoms with Gasteiger partial charge in [0.15, 0.2) is 0 Å². The van der Waals surface area contributed by atoms with Gasteiger partial charge in [-0.1, -0.05) is 62.1 Å². The van der Waals surface area contributed by atoms with Crippen LogP contribution in [0.15, 0.2) is 0 Å². The van der Waals surface area contributed by atoms with Gasteiger partial charge in [0.25, 0.3) is 0 Å². The third-order valence-electron chi connectivity index (χ3n) is 3.47. The molecule has 128 valence electrons. The van der Waals surface area contributed by atoms with Crippen molar-refractivity contribution >= 4 is 22.6 Å². The number of rotatable bonds is 9. The minimum absolute atomic E-state index is 0.114. The molecule has 1 atom stereocenters. The van der Waals surface area contributed by atoms with Crippen molar-refractivity contribution in [3.63, 3.8) is 0 Å². The van der Waals surface area contributed by atoms with Crippen molar-refractivity contribution in [2.45, 2.75) is 80.2 Å². The summed E-state index contributed by atoms with van der Waals surface area (Å²) >= 11 is 1.60. The van der Waals surface area contributed by atoms with E-state index in [0.29, 0.717) is 6.42 Å². The van der Waals surface area contributed by atoms with Gasteiger partial charge in [0.05, 0.1) is 0 Å². The van der Waals surface area contributed by atoms with E-state index in [2.05, 4.69) is 0 Å². The topological polar surface area (TPSA) is 0 Å². The fourth-order valence-electron chi connectivity index (χ4n) is 1.98. The molecule has 0 aromatic carbocycles. The van der Waals surface area contributed by atoms with Crippen molar-refractivity contribution in [3.8, 4) is 0 Å². The van der Waals surface area contributed by atoms with Crippen LogP contribution in [-0.2, 0) is 0 Å². The van der Waals surface area contributed by atoms with E-state index >= 15 is 0 Å². The van der Waals surface area contributed by atoms with Gasteiger partial charge in [-0.2, -0.15) is 30.7 Å². The SMILES string of the molecule is CCCCCCC(I)(CC)CC(F)(F)C(F)(F)C(F)(F)F. The van der Waals surface area contributed by atoms with Gasteiger partial charge in [0.2, 0.25) is 0 Å². The van der Waals surface area contributed by atoms with Gasteiger partial charge in [-0.15, -0.1) is 0 Å². The summed E-state index contributed by atoms with van der Waals surface area (Å²) in [5, 5.41) is 0. The van der Waals surface area contributed by atoms with E-state index in [1.54, 1.807) is 22.6 Å². The zero-order valence-electron chi connectivity index (χ0n) is 12.0. The summed E-state index contributed by atoms with van der Waals surface area (Å²) in [6.07, 6.45) is -4.31. The molecule has 21 heavy (non-hydrogen) atoms. The van der Waals surface area contributed by atoms with Crippen LogP contribution in [0, 0.1) is 0 Å². The van der Waals surface area contributed by atoms with Crippen molar-refractivity contribution in [1.82, 2.24) is 0 Å². The first kappa shape index (κ1) is 21.2. The number of hydrogen-bond donors (Lipinski definition) is 0. The minimum atomic E-state index is -6.25. The van der Waals surface area contributed by atoms with Crippen molar-refractivity contribution in [1.29, 1.82) is 0 Å². The first-order valence-corrected chi connectivity index (χ1v) is 7.92. The predicted octanol–water partition coefficient (Wildman–Crippen LogP) is 6.76. The molecule has 0 fully saturated rings. The first-order chi connectivity index (χ1) is 9.33. The predicted molar refractivity (Wildman–Crippen MR) is 76.4 cm³/mol. The van der Waals surface area contributed by atoms with E-state index in [1.165, 1.54) is 6.92 Å². The summed E-state index contributed by atoms with van der Waals surface area (Å²) in [5.74, 6) is -11.1. The first-order valence-electron chi connectivity index (χ1n) is 6.84. The van der Waals surface area contributed by atoms with E-state index in [1.807, 2.05) is 6.92 Å². The van der Waals surface area contributed by atoms with E-state index in [9.17, 15) is 30.7 Å². The van der Waals surface area contributed by atoms with Gasteiger partial charge < -0.3 is 0 Å². The lowest BCUT2D eigenvalue weighted by Gasteiger charge is -2.35. The Hall–Kier alpha value is 0.240. The van der Waals surface area contributed by atoms with E-state index < -0.39 is 27.9 Å². The highest BCUT2D eigenvalue weighted by atomic mass is 127. The maximum absolute atomic E-state index is 13.5. The Balaban J connectivity index is 4.93. The van der Waals surface area contributed by atoms with Crippen LogP contribution in [0.5, 0.6) is 0 Å². The van der Waals surface area contributed by atoms with Gasteiger partial charge >= 0.3 is 18.0 Å². The third kappa shape index (κ3) is 5.74. The summed E-state index contributed by atoms with van der Waals surface area (Å²) in [6.45, 7) is 3.48. The highest BCUT2D eigenvalue weighted by Gasteiger charge is 2.73. The Kier molecular flexibility index (Phi) is 7.76. The van der Waals surface area contributed by atoms with E-state index in [-0.39, 0.29) is 12.8 Å². The molecule has 0 radical (unpaired) electrons. The van der Waals surface area contributed by atoms with Gasteiger partial charge in [-0.05, 0) is 12.8 Å². The normalized spacial score (nSPS) is 16.9. The molecule has 0 spiro atoms. The quantitative estimate of drug-likeness (QED) is 0.162. The number of hydrogen-bond acceptors (Lipinski definition) is 0. The van der Waals surface area contributed by atoms with Crippen LogP contribution in [0.25, 0.3) is 0 Å². The molecule has 0 heterocycles. The molecule has 0 saturated carbocycles. The minimum Gasteiger partial charge on any atom is -0.199 e. The standard InChI is InChI=1S/C13H20F7I/c1-3-5-6-7-8-10(21,4-2)9-11(14,15)12(16,17)13(18,19)20/h3-9H2,1-2H3. The highest BCUT2D eigenvalue weighted by Crippen LogP contribution is 2.52. The molecule has 0 nitrogen and oxygen atoms in total. The van der Waals surface area contributed by atoms with E-state index in [4.69, 9.17) is 0 Å². The molecule has 0 rings (SSSR count). The molecule has 0 aromatic heterocycles. The second-order valence-corrected chi connectivity index (χ2v) is 7.56. The lowest BCUT2D eigenvalue weighted by atomic mass is 9.89. The van der Waals surface area contributed by atoms with Gasteiger partial charge in [-0.25, -0.2) is 0 Å². The molecule has 1 unspecified atom stereocenters. The average molecular weight is 436 g/mol. The van der Waals surface area contributed by atoms with Crippen molar-refractivity contribution < 1.29 is 30.7 Å². The highest BCUT2D eigenvalue weighted by molar-refractivity contribution is 14.1. The van der Waals surface area contributed by atoms with Crippen LogP contribution in [0.4, 0.5) is 30.7 Å². The van der Waals surface area contributed by atoms with Crippen molar-refractivity contribution in [3.05, 3.63) is 0 Å². The average Bonchev–Trinajstić information content (AvgIpc) is 2.32. The second-order valence-electron chi connectivity index (χ2n) is 5.27. The Morgan fingerprint density at radius 2 is 1.33 bits per heavy atom. The summed E-state index contributed by atoms with van der Waals surface area (Å²) in [4.78, 5) is 0. The number of halogens is 8. The van der Waals surface area contributed by atoms with Gasteiger partial charge in [-0.3, -0.25) is 0 Å². The Morgan fingerprint density at radius 3 is 1.71 bits per heavy atom. The summed E-state index contributed by atoms with van der Waals surface area (Å²) < 4.78 is 88.0. The van der Waals surface area contributed by atoms with Gasteiger partial charge in [0, 0.05) is 9.84 Å². The smallest absolute Gasteiger partial charge is 0.199 e. The Bertz CT molecular complexity index is 314. The molecule has 0 N–H and O–H groups in total. The molecular formula is C13H20F7I. The Labute approximate surface area is 134 Å². The number of alkyl halides is 8. The lowest BCUT2D eigenvalue weighted by Crippen LogP contribution is -2.54. The summed E-state index contributed by atoms with van der Waals surface area (Å²) in [6, 6.07) is 0. The maximum Gasteiger partial charge on any atom is 0.459 e. The van der Waals surface area contributed by atoms with E-state index in [0.717, 1.165) is 19.3 Å². The van der Waals surface area contributed by atoms with Crippen LogP contribution in [-0.4, -0.2) is 21.4 Å². The van der Waals surface area contributed by atoms with Crippen molar-refractivity contribution in [2.75, 3.05) is 0 Å². The third-order valence-corrected chi connectivity index (χ3v) is 5.15. The molecular weight excluding hydrogens is 416 g/mol. The molecule has 0 aliphatic rings. The fraction of sp³-hybridized carbons (Fsp3) is 1.00. The molecule has 0 aliphatic heterocycles. The zero-order valence-corrected chi connectivity index (χ0v) is 14.1. The van der Waals surface area contributed by atoms with Crippen LogP contribution >= 0.6 is 22.6 Å². The second kappa shape index (κ2) is 7.68. The molecule has 0 aliphatic carbocycles. The fourth-order valence-corrected chi connectivity index (χ4v) is 2.84. The molecule has 8 heteroatoms. The zero-order chi connectivity index (χ0) is 16.9. The molecule has 0 amide bonds.